The predicted octanol–water partition coefficient (Wildman–Crippen LogP) is 2.59. The molecule has 4 nitrogen and oxygen atoms in total. The maximum absolute atomic E-state index is 5.80. The van der Waals surface area contributed by atoms with E-state index in [9.17, 15) is 0 Å². The Hall–Kier alpha value is -1.42. The second-order valence-electron chi connectivity index (χ2n) is 4.88. The van der Waals surface area contributed by atoms with Crippen LogP contribution in [0.2, 0.25) is 0 Å². The van der Waals surface area contributed by atoms with E-state index < -0.39 is 0 Å². The van der Waals surface area contributed by atoms with Crippen LogP contribution in [0.5, 0.6) is 0 Å². The molecule has 0 aliphatic carbocycles. The molecule has 2 aromatic heterocycles. The normalized spacial score (nSPS) is 25.3. The Morgan fingerprint density at radius 2 is 2.24 bits per heavy atom. The van der Waals surface area contributed by atoms with Gasteiger partial charge in [0.05, 0.1) is 6.04 Å². The Morgan fingerprint density at radius 3 is 3.06 bits per heavy atom. The molecule has 1 aliphatic heterocycles. The summed E-state index contributed by atoms with van der Waals surface area (Å²) in [5, 5.41) is 3.48. The fourth-order valence-corrected chi connectivity index (χ4v) is 2.44. The third-order valence-electron chi connectivity index (χ3n) is 3.44. The lowest BCUT2D eigenvalue weighted by atomic mass is 9.93. The number of piperidine rings is 1. The SMILES string of the molecule is Cc1ccc2oc(C3NCCCC3C)nc2n1. The van der Waals surface area contributed by atoms with Crippen molar-refractivity contribution in [1.82, 2.24) is 15.3 Å². The van der Waals surface area contributed by atoms with E-state index >= 15 is 0 Å². The van der Waals surface area contributed by atoms with Crippen molar-refractivity contribution in [3.63, 3.8) is 0 Å². The molecule has 3 rings (SSSR count). The number of aryl methyl sites for hydroxylation is 1. The van der Waals surface area contributed by atoms with E-state index in [-0.39, 0.29) is 6.04 Å². The van der Waals surface area contributed by atoms with Crippen molar-refractivity contribution in [1.29, 1.82) is 0 Å². The van der Waals surface area contributed by atoms with Gasteiger partial charge in [0.1, 0.15) is 0 Å². The van der Waals surface area contributed by atoms with Gasteiger partial charge in [-0.25, -0.2) is 4.98 Å². The largest absolute Gasteiger partial charge is 0.437 e. The topological polar surface area (TPSA) is 51.0 Å². The highest BCUT2D eigenvalue weighted by Crippen LogP contribution is 2.29. The maximum Gasteiger partial charge on any atom is 0.214 e. The molecule has 3 heterocycles. The average Bonchev–Trinajstić information content (AvgIpc) is 2.72. The molecule has 0 aromatic carbocycles. The van der Waals surface area contributed by atoms with Gasteiger partial charge in [0.15, 0.2) is 11.2 Å². The predicted molar refractivity (Wildman–Crippen MR) is 65.7 cm³/mol. The molecule has 0 spiro atoms. The molecule has 0 saturated carbocycles. The van der Waals surface area contributed by atoms with Crippen molar-refractivity contribution < 1.29 is 4.42 Å². The molecule has 0 amide bonds. The number of nitrogens with one attached hydrogen (secondary N) is 1. The highest BCUT2D eigenvalue weighted by Gasteiger charge is 2.26. The number of aromatic nitrogens is 2. The summed E-state index contributed by atoms with van der Waals surface area (Å²) in [6, 6.07) is 4.13. The molecule has 1 aliphatic rings. The minimum absolute atomic E-state index is 0.234. The van der Waals surface area contributed by atoms with E-state index in [1.807, 2.05) is 19.1 Å². The van der Waals surface area contributed by atoms with E-state index in [1.165, 1.54) is 12.8 Å². The molecule has 0 bridgehead atoms. The van der Waals surface area contributed by atoms with Crippen LogP contribution in [0.25, 0.3) is 11.2 Å². The molecule has 1 fully saturated rings. The number of oxazole rings is 1. The summed E-state index contributed by atoms with van der Waals surface area (Å²) >= 11 is 0. The maximum atomic E-state index is 5.80. The molecule has 0 radical (unpaired) electrons. The molecular weight excluding hydrogens is 214 g/mol. The van der Waals surface area contributed by atoms with Crippen LogP contribution >= 0.6 is 0 Å². The third kappa shape index (κ3) is 1.93. The van der Waals surface area contributed by atoms with Crippen molar-refractivity contribution in [2.45, 2.75) is 32.7 Å². The second kappa shape index (κ2) is 4.11. The summed E-state index contributed by atoms with van der Waals surface area (Å²) in [6.07, 6.45) is 2.46. The fraction of sp³-hybridized carbons (Fsp3) is 0.538. The molecule has 2 unspecified atom stereocenters. The summed E-state index contributed by atoms with van der Waals surface area (Å²) in [5.41, 5.74) is 2.48. The Kier molecular flexibility index (Phi) is 2.59. The van der Waals surface area contributed by atoms with E-state index in [4.69, 9.17) is 4.42 Å². The Labute approximate surface area is 100 Å². The standard InChI is InChI=1S/C13H17N3O/c1-8-4-3-7-14-11(8)13-16-12-10(17-13)6-5-9(2)15-12/h5-6,8,11,14H,3-4,7H2,1-2H3. The Bertz CT molecular complexity index is 534. The molecule has 2 aromatic rings. The van der Waals surface area contributed by atoms with Crippen molar-refractivity contribution in [2.24, 2.45) is 5.92 Å². The molecule has 4 heteroatoms. The van der Waals surface area contributed by atoms with Crippen LogP contribution in [-0.2, 0) is 0 Å². The van der Waals surface area contributed by atoms with Crippen molar-refractivity contribution in [3.8, 4) is 0 Å². The first-order valence-corrected chi connectivity index (χ1v) is 6.21. The summed E-state index contributed by atoms with van der Waals surface area (Å²) in [7, 11) is 0. The van der Waals surface area contributed by atoms with E-state index in [1.54, 1.807) is 0 Å². The van der Waals surface area contributed by atoms with Crippen LogP contribution in [-0.4, -0.2) is 16.5 Å². The van der Waals surface area contributed by atoms with E-state index in [2.05, 4.69) is 22.2 Å². The molecule has 90 valence electrons. The van der Waals surface area contributed by atoms with Gasteiger partial charge in [0.2, 0.25) is 5.89 Å². The van der Waals surface area contributed by atoms with Crippen LogP contribution in [0.4, 0.5) is 0 Å². The zero-order valence-electron chi connectivity index (χ0n) is 10.2. The summed E-state index contributed by atoms with van der Waals surface area (Å²) in [6.45, 7) is 5.25. The van der Waals surface area contributed by atoms with Crippen LogP contribution in [0.15, 0.2) is 16.5 Å². The first-order chi connectivity index (χ1) is 8.24. The molecule has 1 saturated heterocycles. The number of pyridine rings is 1. The van der Waals surface area contributed by atoms with Gasteiger partial charge in [-0.05, 0) is 44.4 Å². The average molecular weight is 231 g/mol. The highest BCUT2D eigenvalue weighted by atomic mass is 16.3. The van der Waals surface area contributed by atoms with Gasteiger partial charge in [-0.2, -0.15) is 4.98 Å². The van der Waals surface area contributed by atoms with Crippen LogP contribution in [0, 0.1) is 12.8 Å². The Morgan fingerprint density at radius 1 is 1.35 bits per heavy atom. The summed E-state index contributed by atoms with van der Waals surface area (Å²) < 4.78 is 5.80. The van der Waals surface area contributed by atoms with E-state index in [0.29, 0.717) is 5.92 Å². The summed E-state index contributed by atoms with van der Waals surface area (Å²) in [5.74, 6) is 1.35. The zero-order valence-corrected chi connectivity index (χ0v) is 10.2. The van der Waals surface area contributed by atoms with Crippen LogP contribution in [0.1, 0.15) is 37.4 Å². The zero-order chi connectivity index (χ0) is 11.8. The van der Waals surface area contributed by atoms with Gasteiger partial charge in [-0.3, -0.25) is 0 Å². The lowest BCUT2D eigenvalue weighted by Gasteiger charge is -2.27. The molecule has 17 heavy (non-hydrogen) atoms. The monoisotopic (exact) mass is 231 g/mol. The van der Waals surface area contributed by atoms with Crippen molar-refractivity contribution in [2.75, 3.05) is 6.54 Å². The van der Waals surface area contributed by atoms with Gasteiger partial charge in [-0.1, -0.05) is 6.92 Å². The second-order valence-corrected chi connectivity index (χ2v) is 4.88. The quantitative estimate of drug-likeness (QED) is 0.819. The number of rotatable bonds is 1. The first kappa shape index (κ1) is 10.7. The minimum atomic E-state index is 0.234. The highest BCUT2D eigenvalue weighted by molar-refractivity contribution is 5.67. The number of fused-ring (bicyclic) bond motifs is 1. The van der Waals surface area contributed by atoms with Crippen molar-refractivity contribution in [3.05, 3.63) is 23.7 Å². The van der Waals surface area contributed by atoms with Crippen molar-refractivity contribution >= 4 is 11.2 Å². The lowest BCUT2D eigenvalue weighted by molar-refractivity contribution is 0.264. The number of hydrogen-bond acceptors (Lipinski definition) is 4. The number of nitrogens with zero attached hydrogens (tertiary/aromatic N) is 2. The smallest absolute Gasteiger partial charge is 0.214 e. The van der Waals surface area contributed by atoms with Crippen LogP contribution < -0.4 is 5.32 Å². The lowest BCUT2D eigenvalue weighted by Crippen LogP contribution is -2.33. The van der Waals surface area contributed by atoms with Gasteiger partial charge in [0.25, 0.3) is 0 Å². The van der Waals surface area contributed by atoms with Gasteiger partial charge in [-0.15, -0.1) is 0 Å². The molecule has 1 N–H and O–H groups in total. The molecule has 2 atom stereocenters. The van der Waals surface area contributed by atoms with E-state index in [0.717, 1.165) is 29.4 Å². The van der Waals surface area contributed by atoms with Gasteiger partial charge >= 0.3 is 0 Å². The van der Waals surface area contributed by atoms with Crippen LogP contribution in [0.3, 0.4) is 0 Å². The first-order valence-electron chi connectivity index (χ1n) is 6.21. The molecular formula is C13H17N3O. The minimum Gasteiger partial charge on any atom is -0.437 e. The third-order valence-corrected chi connectivity index (χ3v) is 3.44. The Balaban J connectivity index is 1.99. The van der Waals surface area contributed by atoms with Gasteiger partial charge < -0.3 is 9.73 Å². The van der Waals surface area contributed by atoms with Gasteiger partial charge in [0, 0.05) is 5.69 Å². The fourth-order valence-electron chi connectivity index (χ4n) is 2.44. The number of hydrogen-bond donors (Lipinski definition) is 1. The summed E-state index contributed by atoms with van der Waals surface area (Å²) in [4.78, 5) is 8.89.